The largest absolute Gasteiger partial charge is 0.495 e. The fraction of sp³-hybridized carbons (Fsp3) is 0.469. The molecule has 2 aliphatic rings. The third-order valence-electron chi connectivity index (χ3n) is 8.25. The van der Waals surface area contributed by atoms with Gasteiger partial charge >= 0.3 is 12.0 Å². The average Bonchev–Trinajstić information content (AvgIpc) is 3.47. The number of urea groups is 1. The summed E-state index contributed by atoms with van der Waals surface area (Å²) in [5.41, 5.74) is 0.615. The van der Waals surface area contributed by atoms with Gasteiger partial charge in [-0.2, -0.15) is 0 Å². The fourth-order valence-corrected chi connectivity index (χ4v) is 6.55. The van der Waals surface area contributed by atoms with E-state index in [0.29, 0.717) is 51.1 Å². The highest BCUT2D eigenvalue weighted by molar-refractivity contribution is 7.13. The molecule has 0 bridgehead atoms. The molecule has 3 amide bonds. The molecule has 3 atom stereocenters. The van der Waals surface area contributed by atoms with Crippen molar-refractivity contribution in [2.45, 2.75) is 63.5 Å². The van der Waals surface area contributed by atoms with Crippen molar-refractivity contribution >= 4 is 51.7 Å². The second-order valence-corrected chi connectivity index (χ2v) is 13.0. The van der Waals surface area contributed by atoms with Gasteiger partial charge in [0, 0.05) is 42.8 Å². The molecule has 1 saturated carbocycles. The molecule has 11 nitrogen and oxygen atoms in total. The summed E-state index contributed by atoms with van der Waals surface area (Å²) in [5, 5.41) is 19.2. The normalized spacial score (nSPS) is 23.1. The zero-order valence-electron chi connectivity index (χ0n) is 25.8. The number of amides is 3. The topological polar surface area (TPSA) is 143 Å². The number of rotatable bonds is 8. The number of carbonyl (C=O) groups is 3. The number of pyridine rings is 1. The van der Waals surface area contributed by atoms with Gasteiger partial charge in [-0.15, -0.1) is 11.3 Å². The quantitative estimate of drug-likeness (QED) is 0.265. The summed E-state index contributed by atoms with van der Waals surface area (Å²) >= 11 is 8.15. The Bertz CT molecular complexity index is 1630. The number of hydrogen-bond donors (Lipinski definition) is 3. The van der Waals surface area contributed by atoms with Gasteiger partial charge < -0.3 is 30.1 Å². The molecule has 1 aromatic carbocycles. The summed E-state index contributed by atoms with van der Waals surface area (Å²) in [5.74, 6) is -0.792. The van der Waals surface area contributed by atoms with Crippen molar-refractivity contribution in [3.05, 3.63) is 46.4 Å². The number of nitrogens with one attached hydrogen (secondary N) is 2. The monoisotopic (exact) mass is 655 g/mol. The number of fused-ring (bicyclic) bond motifs is 2. The van der Waals surface area contributed by atoms with E-state index in [1.807, 2.05) is 17.5 Å². The van der Waals surface area contributed by atoms with E-state index < -0.39 is 29.5 Å². The fourth-order valence-electron chi connectivity index (χ4n) is 5.32. The van der Waals surface area contributed by atoms with E-state index in [1.54, 1.807) is 25.2 Å². The SMILES string of the molecule is COc1ccc2c(OCCC3NC(=O)N(C)CCCC/C=C\C4CC4(C(=O)O)NC3=O)cc(-c3nc(C(C)C)cs3)nc2c1Cl. The smallest absolute Gasteiger partial charge is 0.330 e. The number of benzene rings is 1. The molecule has 5 rings (SSSR count). The number of thiazole rings is 1. The number of halogens is 1. The number of allylic oxidation sites excluding steroid dienone is 1. The second kappa shape index (κ2) is 13.6. The maximum absolute atomic E-state index is 13.5. The number of carboxylic acids is 1. The lowest BCUT2D eigenvalue weighted by Gasteiger charge is -2.25. The first-order chi connectivity index (χ1) is 21.5. The summed E-state index contributed by atoms with van der Waals surface area (Å²) < 4.78 is 11.7. The van der Waals surface area contributed by atoms with E-state index in [1.165, 1.54) is 23.3 Å². The minimum Gasteiger partial charge on any atom is -0.495 e. The molecule has 3 N–H and O–H groups in total. The van der Waals surface area contributed by atoms with E-state index in [4.69, 9.17) is 31.0 Å². The molecule has 13 heteroatoms. The highest BCUT2D eigenvalue weighted by Crippen LogP contribution is 2.45. The lowest BCUT2D eigenvalue weighted by atomic mass is 10.1. The molecule has 2 aromatic heterocycles. The minimum atomic E-state index is -1.39. The van der Waals surface area contributed by atoms with Crippen LogP contribution in [0.4, 0.5) is 4.79 Å². The zero-order chi connectivity index (χ0) is 32.3. The van der Waals surface area contributed by atoms with Crippen LogP contribution in [0.2, 0.25) is 5.02 Å². The number of ether oxygens (including phenoxy) is 2. The number of nitrogens with zero attached hydrogens (tertiary/aromatic N) is 3. The summed E-state index contributed by atoms with van der Waals surface area (Å²) in [4.78, 5) is 49.8. The van der Waals surface area contributed by atoms with Crippen LogP contribution in [-0.4, -0.2) is 76.8 Å². The highest BCUT2D eigenvalue weighted by atomic mass is 35.5. The minimum absolute atomic E-state index is 0.0306. The van der Waals surface area contributed by atoms with Crippen molar-refractivity contribution in [3.63, 3.8) is 0 Å². The van der Waals surface area contributed by atoms with Crippen molar-refractivity contribution in [2.75, 3.05) is 27.3 Å². The number of aliphatic carboxylic acids is 1. The molecule has 0 radical (unpaired) electrons. The van der Waals surface area contributed by atoms with Crippen molar-refractivity contribution in [3.8, 4) is 22.2 Å². The Morgan fingerprint density at radius 2 is 2.04 bits per heavy atom. The van der Waals surface area contributed by atoms with Gasteiger partial charge in [-0.1, -0.05) is 37.6 Å². The average molecular weight is 656 g/mol. The van der Waals surface area contributed by atoms with Crippen molar-refractivity contribution in [1.82, 2.24) is 25.5 Å². The van der Waals surface area contributed by atoms with E-state index in [0.717, 1.165) is 25.0 Å². The molecule has 1 fully saturated rings. The van der Waals surface area contributed by atoms with Crippen molar-refractivity contribution < 1.29 is 29.0 Å². The van der Waals surface area contributed by atoms with Crippen LogP contribution in [0.5, 0.6) is 11.5 Å². The van der Waals surface area contributed by atoms with Crippen molar-refractivity contribution in [2.24, 2.45) is 5.92 Å². The summed E-state index contributed by atoms with van der Waals surface area (Å²) in [6, 6.07) is 3.87. The third kappa shape index (κ3) is 7.01. The Morgan fingerprint density at radius 3 is 2.76 bits per heavy atom. The number of hydrogen-bond acceptors (Lipinski definition) is 8. The van der Waals surface area contributed by atoms with Gasteiger partial charge in [-0.25, -0.2) is 19.6 Å². The third-order valence-corrected chi connectivity index (χ3v) is 9.50. The van der Waals surface area contributed by atoms with Gasteiger partial charge in [0.25, 0.3) is 0 Å². The molecule has 0 saturated heterocycles. The molecule has 1 aliphatic carbocycles. The lowest BCUT2D eigenvalue weighted by molar-refractivity contribution is -0.143. The van der Waals surface area contributed by atoms with Gasteiger partial charge in [0.2, 0.25) is 5.91 Å². The molecule has 45 heavy (non-hydrogen) atoms. The molecule has 3 aromatic rings. The van der Waals surface area contributed by atoms with E-state index in [9.17, 15) is 19.5 Å². The van der Waals surface area contributed by atoms with Gasteiger partial charge in [0.15, 0.2) is 0 Å². The Balaban J connectivity index is 1.42. The van der Waals surface area contributed by atoms with Crippen LogP contribution in [0, 0.1) is 5.92 Å². The van der Waals surface area contributed by atoms with Gasteiger partial charge in [-0.3, -0.25) is 4.79 Å². The predicted molar refractivity (Wildman–Crippen MR) is 173 cm³/mol. The maximum Gasteiger partial charge on any atom is 0.330 e. The Labute approximate surface area is 271 Å². The molecule has 3 heterocycles. The predicted octanol–water partition coefficient (Wildman–Crippen LogP) is 5.62. The Kier molecular flexibility index (Phi) is 9.83. The van der Waals surface area contributed by atoms with E-state index in [-0.39, 0.29) is 24.9 Å². The van der Waals surface area contributed by atoms with Crippen LogP contribution in [-0.2, 0) is 9.59 Å². The Hall–Kier alpha value is -3.90. The van der Waals surface area contributed by atoms with Crippen LogP contribution < -0.4 is 20.1 Å². The molecular weight excluding hydrogens is 618 g/mol. The first-order valence-corrected chi connectivity index (χ1v) is 16.3. The number of aromatic nitrogens is 2. The van der Waals surface area contributed by atoms with Gasteiger partial charge in [0.1, 0.15) is 38.8 Å². The number of methoxy groups -OCH3 is 1. The standard InChI is InChI=1S/C32H38ClN5O6S/c1-18(2)23-17-45-29(35-23)22-15-25(20-10-11-24(43-4)26(33)27(20)34-22)44-14-12-21-28(39)37-32(30(40)41)16-19(32)9-7-5-6-8-13-38(3)31(42)36-21/h7,9-11,15,17-19,21H,5-6,8,12-14,16H2,1-4H3,(H,36,42)(H,37,39)(H,40,41)/b9-7-. The van der Waals surface area contributed by atoms with E-state index >= 15 is 0 Å². The lowest BCUT2D eigenvalue weighted by Crippen LogP contribution is -2.55. The van der Waals surface area contributed by atoms with Crippen LogP contribution in [0.3, 0.4) is 0 Å². The van der Waals surface area contributed by atoms with E-state index in [2.05, 4.69) is 24.5 Å². The zero-order valence-corrected chi connectivity index (χ0v) is 27.3. The number of carbonyl (C=O) groups excluding carboxylic acids is 2. The van der Waals surface area contributed by atoms with Crippen molar-refractivity contribution in [1.29, 1.82) is 0 Å². The van der Waals surface area contributed by atoms with Crippen LogP contribution >= 0.6 is 22.9 Å². The molecular formula is C32H38ClN5O6S. The summed E-state index contributed by atoms with van der Waals surface area (Å²) in [7, 11) is 3.20. The molecule has 0 spiro atoms. The Morgan fingerprint density at radius 1 is 1.24 bits per heavy atom. The molecule has 1 aliphatic heterocycles. The van der Waals surface area contributed by atoms with Gasteiger partial charge in [0.05, 0.1) is 24.9 Å². The molecule has 240 valence electrons. The van der Waals surface area contributed by atoms with Gasteiger partial charge in [-0.05, 0) is 43.7 Å². The summed E-state index contributed by atoms with van der Waals surface area (Å²) in [6.45, 7) is 4.69. The molecule has 3 unspecified atom stereocenters. The number of carboxylic acid groups (broad SMARTS) is 1. The van der Waals surface area contributed by atoms with Crippen LogP contribution in [0.15, 0.2) is 35.7 Å². The van der Waals surface area contributed by atoms with Crippen LogP contribution in [0.1, 0.15) is 57.6 Å². The van der Waals surface area contributed by atoms with Crippen LogP contribution in [0.25, 0.3) is 21.6 Å². The summed E-state index contributed by atoms with van der Waals surface area (Å²) in [6.07, 6.45) is 6.64. The highest BCUT2D eigenvalue weighted by Gasteiger charge is 2.60. The first-order valence-electron chi connectivity index (χ1n) is 15.0. The first kappa shape index (κ1) is 32.5. The maximum atomic E-state index is 13.5. The second-order valence-electron chi connectivity index (χ2n) is 11.8.